The second kappa shape index (κ2) is 7.40. The van der Waals surface area contributed by atoms with Crippen molar-refractivity contribution in [2.45, 2.75) is 18.9 Å². The van der Waals surface area contributed by atoms with Gasteiger partial charge in [-0.15, -0.1) is 11.3 Å². The molecule has 1 aliphatic rings. The molecule has 0 radical (unpaired) electrons. The quantitative estimate of drug-likeness (QED) is 0.746. The smallest absolute Gasteiger partial charge is 0.409 e. The van der Waals surface area contributed by atoms with Crippen molar-refractivity contribution in [3.05, 3.63) is 42.2 Å². The molecule has 0 saturated carbocycles. The molecule has 0 bridgehead atoms. The molecule has 7 nitrogen and oxygen atoms in total. The Morgan fingerprint density at radius 2 is 2.00 bits per heavy atom. The number of aromatic nitrogens is 1. The van der Waals surface area contributed by atoms with Crippen LogP contribution < -0.4 is 5.32 Å². The third kappa shape index (κ3) is 3.66. The number of benzene rings is 1. The second-order valence-corrected chi connectivity index (χ2v) is 7.39. The van der Waals surface area contributed by atoms with Gasteiger partial charge < -0.3 is 19.4 Å². The van der Waals surface area contributed by atoms with Crippen LogP contribution in [0.2, 0.25) is 0 Å². The average molecular weight is 385 g/mol. The number of fused-ring (bicyclic) bond motifs is 1. The fourth-order valence-corrected chi connectivity index (χ4v) is 4.07. The highest BCUT2D eigenvalue weighted by molar-refractivity contribution is 7.21. The van der Waals surface area contributed by atoms with Gasteiger partial charge in [-0.3, -0.25) is 4.79 Å². The minimum Gasteiger partial charge on any atom is -0.453 e. The summed E-state index contributed by atoms with van der Waals surface area (Å²) >= 11 is 1.53. The van der Waals surface area contributed by atoms with Gasteiger partial charge in [0.1, 0.15) is 0 Å². The number of furan rings is 1. The summed E-state index contributed by atoms with van der Waals surface area (Å²) in [6.07, 6.45) is 1.05. The lowest BCUT2D eigenvalue weighted by Crippen LogP contribution is -2.46. The minimum absolute atomic E-state index is 0.00871. The fourth-order valence-electron chi connectivity index (χ4n) is 3.14. The number of hydrogen-bond donors (Lipinski definition) is 1. The predicted octanol–water partition coefficient (Wildman–Crippen LogP) is 3.52. The van der Waals surface area contributed by atoms with E-state index in [0.29, 0.717) is 31.7 Å². The number of piperidine rings is 1. The summed E-state index contributed by atoms with van der Waals surface area (Å²) in [7, 11) is 1.37. The molecule has 8 heteroatoms. The monoisotopic (exact) mass is 385 g/mol. The van der Waals surface area contributed by atoms with Crippen LogP contribution in [0, 0.1) is 0 Å². The molecule has 1 aromatic carbocycles. The summed E-state index contributed by atoms with van der Waals surface area (Å²) in [5, 5.41) is 3.73. The molecule has 1 fully saturated rings. The Morgan fingerprint density at radius 1 is 1.22 bits per heavy atom. The highest BCUT2D eigenvalue weighted by Gasteiger charge is 2.25. The number of amides is 2. The van der Waals surface area contributed by atoms with E-state index in [4.69, 9.17) is 9.15 Å². The number of ether oxygens (including phenoxy) is 1. The Kier molecular flexibility index (Phi) is 4.81. The number of carbonyl (C=O) groups is 2. The first-order valence-corrected chi connectivity index (χ1v) is 9.55. The lowest BCUT2D eigenvalue weighted by Gasteiger charge is -2.31. The number of para-hydroxylation sites is 1. The molecular formula is C19H19N3O4S. The standard InChI is InChI=1S/C19H19N3O4S/c1-25-19(24)22-10-8-12(9-11-22)20-17(23)14-6-7-15(26-14)18-21-13-4-2-3-5-16(13)27-18/h2-7,12H,8-11H2,1H3,(H,20,23). The molecule has 0 unspecified atom stereocenters. The summed E-state index contributed by atoms with van der Waals surface area (Å²) < 4.78 is 11.5. The molecule has 27 heavy (non-hydrogen) atoms. The van der Waals surface area contributed by atoms with Gasteiger partial charge in [-0.25, -0.2) is 9.78 Å². The van der Waals surface area contributed by atoms with Gasteiger partial charge in [0.25, 0.3) is 5.91 Å². The van der Waals surface area contributed by atoms with Gasteiger partial charge in [0.2, 0.25) is 0 Å². The third-order valence-electron chi connectivity index (χ3n) is 4.60. The van der Waals surface area contributed by atoms with Crippen molar-refractivity contribution in [3.8, 4) is 10.8 Å². The molecule has 0 atom stereocenters. The van der Waals surface area contributed by atoms with E-state index in [-0.39, 0.29) is 23.8 Å². The molecule has 3 aromatic rings. The number of likely N-dealkylation sites (tertiary alicyclic amines) is 1. The van der Waals surface area contributed by atoms with E-state index in [0.717, 1.165) is 15.2 Å². The van der Waals surface area contributed by atoms with E-state index in [1.54, 1.807) is 17.0 Å². The molecule has 4 rings (SSSR count). The summed E-state index contributed by atoms with van der Waals surface area (Å²) in [6, 6.07) is 11.3. The molecule has 0 aliphatic carbocycles. The predicted molar refractivity (Wildman–Crippen MR) is 102 cm³/mol. The van der Waals surface area contributed by atoms with Crippen molar-refractivity contribution in [2.75, 3.05) is 20.2 Å². The molecule has 0 spiro atoms. The number of carbonyl (C=O) groups excluding carboxylic acids is 2. The Hall–Kier alpha value is -2.87. The summed E-state index contributed by atoms with van der Waals surface area (Å²) in [6.45, 7) is 1.12. The van der Waals surface area contributed by atoms with E-state index < -0.39 is 0 Å². The maximum atomic E-state index is 12.5. The fraction of sp³-hybridized carbons (Fsp3) is 0.316. The van der Waals surface area contributed by atoms with Crippen LogP contribution in [-0.4, -0.2) is 48.1 Å². The Bertz CT molecular complexity index is 939. The molecule has 1 aliphatic heterocycles. The van der Waals surface area contributed by atoms with Gasteiger partial charge >= 0.3 is 6.09 Å². The Morgan fingerprint density at radius 3 is 2.74 bits per heavy atom. The van der Waals surface area contributed by atoms with Crippen molar-refractivity contribution in [1.29, 1.82) is 0 Å². The number of methoxy groups -OCH3 is 1. The Balaban J connectivity index is 1.40. The summed E-state index contributed by atoms with van der Waals surface area (Å²) in [5.74, 6) is 0.598. The zero-order chi connectivity index (χ0) is 18.8. The van der Waals surface area contributed by atoms with Crippen LogP contribution in [0.15, 0.2) is 40.8 Å². The van der Waals surface area contributed by atoms with E-state index in [9.17, 15) is 9.59 Å². The Labute approximate surface area is 159 Å². The zero-order valence-electron chi connectivity index (χ0n) is 14.8. The van der Waals surface area contributed by atoms with Crippen molar-refractivity contribution >= 4 is 33.6 Å². The summed E-state index contributed by atoms with van der Waals surface area (Å²) in [4.78, 5) is 30.2. The van der Waals surface area contributed by atoms with Gasteiger partial charge in [-0.05, 0) is 37.1 Å². The average Bonchev–Trinajstić information content (AvgIpc) is 3.34. The van der Waals surface area contributed by atoms with Crippen molar-refractivity contribution in [3.63, 3.8) is 0 Å². The third-order valence-corrected chi connectivity index (χ3v) is 5.65. The SMILES string of the molecule is COC(=O)N1CCC(NC(=O)c2ccc(-c3nc4ccccc4s3)o2)CC1. The summed E-state index contributed by atoms with van der Waals surface area (Å²) in [5.41, 5.74) is 0.914. The maximum Gasteiger partial charge on any atom is 0.409 e. The van der Waals surface area contributed by atoms with Crippen LogP contribution in [0.25, 0.3) is 21.0 Å². The lowest BCUT2D eigenvalue weighted by molar-refractivity contribution is 0.0867. The van der Waals surface area contributed by atoms with Crippen LogP contribution in [0.1, 0.15) is 23.4 Å². The minimum atomic E-state index is -0.328. The van der Waals surface area contributed by atoms with E-state index in [2.05, 4.69) is 10.3 Å². The lowest BCUT2D eigenvalue weighted by atomic mass is 10.1. The van der Waals surface area contributed by atoms with E-state index in [1.807, 2.05) is 24.3 Å². The van der Waals surface area contributed by atoms with Crippen LogP contribution in [0.4, 0.5) is 4.79 Å². The highest BCUT2D eigenvalue weighted by Crippen LogP contribution is 2.31. The molecular weight excluding hydrogens is 366 g/mol. The number of rotatable bonds is 3. The number of nitrogens with one attached hydrogen (secondary N) is 1. The molecule has 2 amide bonds. The van der Waals surface area contributed by atoms with Crippen molar-refractivity contribution < 1.29 is 18.7 Å². The molecule has 140 valence electrons. The van der Waals surface area contributed by atoms with Crippen LogP contribution in [-0.2, 0) is 4.74 Å². The highest BCUT2D eigenvalue weighted by atomic mass is 32.1. The van der Waals surface area contributed by atoms with Crippen LogP contribution >= 0.6 is 11.3 Å². The second-order valence-electron chi connectivity index (χ2n) is 6.36. The molecule has 3 heterocycles. The van der Waals surface area contributed by atoms with Gasteiger partial charge in [0.15, 0.2) is 16.5 Å². The van der Waals surface area contributed by atoms with E-state index >= 15 is 0 Å². The maximum absolute atomic E-state index is 12.5. The van der Waals surface area contributed by atoms with Crippen LogP contribution in [0.5, 0.6) is 0 Å². The molecule has 1 N–H and O–H groups in total. The molecule has 1 saturated heterocycles. The zero-order valence-corrected chi connectivity index (χ0v) is 15.6. The molecule has 2 aromatic heterocycles. The first-order valence-electron chi connectivity index (χ1n) is 8.73. The largest absolute Gasteiger partial charge is 0.453 e. The first-order chi connectivity index (χ1) is 13.1. The van der Waals surface area contributed by atoms with Crippen LogP contribution in [0.3, 0.4) is 0 Å². The van der Waals surface area contributed by atoms with E-state index in [1.165, 1.54) is 18.4 Å². The number of thiazole rings is 1. The number of nitrogens with zero attached hydrogens (tertiary/aromatic N) is 2. The number of hydrogen-bond acceptors (Lipinski definition) is 6. The van der Waals surface area contributed by atoms with Gasteiger partial charge in [0.05, 0.1) is 17.3 Å². The van der Waals surface area contributed by atoms with Gasteiger partial charge in [-0.2, -0.15) is 0 Å². The van der Waals surface area contributed by atoms with Crippen molar-refractivity contribution in [2.24, 2.45) is 0 Å². The topological polar surface area (TPSA) is 84.7 Å². The van der Waals surface area contributed by atoms with Crippen molar-refractivity contribution in [1.82, 2.24) is 15.2 Å². The van der Waals surface area contributed by atoms with Gasteiger partial charge in [-0.1, -0.05) is 12.1 Å². The van der Waals surface area contributed by atoms with Gasteiger partial charge in [0, 0.05) is 19.1 Å². The normalized spacial score (nSPS) is 15.1. The first kappa shape index (κ1) is 17.5.